The minimum absolute atomic E-state index is 0.317. The smallest absolute Gasteiger partial charge is 0.150 e. The SMILES string of the molecule is CC1CCCCC1OCC(O)CNCc1ccno1. The summed E-state index contributed by atoms with van der Waals surface area (Å²) in [7, 11) is 0. The van der Waals surface area contributed by atoms with Crippen LogP contribution in [-0.2, 0) is 11.3 Å². The van der Waals surface area contributed by atoms with Gasteiger partial charge in [0.05, 0.1) is 31.6 Å². The summed E-state index contributed by atoms with van der Waals surface area (Å²) in [6.07, 6.45) is 6.37. The second-order valence-electron chi connectivity index (χ2n) is 5.40. The standard InChI is InChI=1S/C14H24N2O3/c1-11-4-2-3-5-14(11)18-10-12(17)8-15-9-13-6-7-16-19-13/h6-7,11-12,14-15,17H,2-5,8-10H2,1H3. The number of nitrogens with one attached hydrogen (secondary N) is 1. The van der Waals surface area contributed by atoms with Crippen LogP contribution in [0.2, 0.25) is 0 Å². The number of aliphatic hydroxyl groups excluding tert-OH is 1. The van der Waals surface area contributed by atoms with E-state index in [0.29, 0.717) is 31.7 Å². The zero-order valence-corrected chi connectivity index (χ0v) is 11.5. The Morgan fingerprint density at radius 1 is 1.53 bits per heavy atom. The van der Waals surface area contributed by atoms with Crippen LogP contribution in [0.5, 0.6) is 0 Å². The first kappa shape index (κ1) is 14.5. The van der Waals surface area contributed by atoms with Crippen molar-refractivity contribution in [3.8, 4) is 0 Å². The highest BCUT2D eigenvalue weighted by molar-refractivity contribution is 4.91. The normalized spacial score (nSPS) is 25.4. The van der Waals surface area contributed by atoms with Gasteiger partial charge < -0.3 is 19.7 Å². The summed E-state index contributed by atoms with van der Waals surface area (Å²) in [6.45, 7) is 3.72. The molecule has 19 heavy (non-hydrogen) atoms. The molecule has 1 aromatic rings. The Kier molecular flexibility index (Phi) is 5.82. The fraction of sp³-hybridized carbons (Fsp3) is 0.786. The molecular weight excluding hydrogens is 244 g/mol. The summed E-state index contributed by atoms with van der Waals surface area (Å²) in [6, 6.07) is 1.81. The van der Waals surface area contributed by atoms with E-state index in [9.17, 15) is 5.11 Å². The Morgan fingerprint density at radius 3 is 3.11 bits per heavy atom. The molecule has 0 spiro atoms. The molecule has 5 nitrogen and oxygen atoms in total. The molecule has 3 unspecified atom stereocenters. The molecule has 1 aromatic heterocycles. The van der Waals surface area contributed by atoms with E-state index in [1.165, 1.54) is 19.3 Å². The van der Waals surface area contributed by atoms with Crippen LogP contribution in [0.4, 0.5) is 0 Å². The van der Waals surface area contributed by atoms with Crippen LogP contribution in [-0.4, -0.2) is 35.6 Å². The summed E-state index contributed by atoms with van der Waals surface area (Å²) >= 11 is 0. The third-order valence-electron chi connectivity index (χ3n) is 3.71. The average Bonchev–Trinajstić information content (AvgIpc) is 2.91. The molecule has 0 radical (unpaired) electrons. The molecule has 0 aliphatic heterocycles. The van der Waals surface area contributed by atoms with E-state index in [0.717, 1.165) is 12.2 Å². The van der Waals surface area contributed by atoms with Gasteiger partial charge in [-0.2, -0.15) is 0 Å². The molecule has 5 heteroatoms. The number of hydrogen-bond donors (Lipinski definition) is 2. The molecule has 0 amide bonds. The summed E-state index contributed by atoms with van der Waals surface area (Å²) < 4.78 is 10.8. The Morgan fingerprint density at radius 2 is 2.37 bits per heavy atom. The van der Waals surface area contributed by atoms with Crippen molar-refractivity contribution in [1.29, 1.82) is 0 Å². The third-order valence-corrected chi connectivity index (χ3v) is 3.71. The van der Waals surface area contributed by atoms with Gasteiger partial charge in [-0.3, -0.25) is 0 Å². The highest BCUT2D eigenvalue weighted by atomic mass is 16.5. The maximum absolute atomic E-state index is 9.86. The Hall–Kier alpha value is -0.910. The predicted molar refractivity (Wildman–Crippen MR) is 71.6 cm³/mol. The Balaban J connectivity index is 1.57. The van der Waals surface area contributed by atoms with Gasteiger partial charge >= 0.3 is 0 Å². The van der Waals surface area contributed by atoms with Crippen LogP contribution in [0, 0.1) is 5.92 Å². The van der Waals surface area contributed by atoms with Crippen molar-refractivity contribution < 1.29 is 14.4 Å². The van der Waals surface area contributed by atoms with Gasteiger partial charge in [0.1, 0.15) is 5.76 Å². The van der Waals surface area contributed by atoms with Crippen molar-refractivity contribution in [2.75, 3.05) is 13.2 Å². The van der Waals surface area contributed by atoms with E-state index in [4.69, 9.17) is 9.26 Å². The minimum atomic E-state index is -0.475. The van der Waals surface area contributed by atoms with Gasteiger partial charge in [0.2, 0.25) is 0 Å². The molecule has 0 bridgehead atoms. The molecule has 0 saturated heterocycles. The van der Waals surface area contributed by atoms with Gasteiger partial charge in [0.25, 0.3) is 0 Å². The van der Waals surface area contributed by atoms with E-state index >= 15 is 0 Å². The first-order valence-electron chi connectivity index (χ1n) is 7.15. The lowest BCUT2D eigenvalue weighted by atomic mass is 9.88. The number of rotatable bonds is 7. The maximum atomic E-state index is 9.86. The van der Waals surface area contributed by atoms with Gasteiger partial charge in [-0.05, 0) is 18.8 Å². The number of hydrogen-bond acceptors (Lipinski definition) is 5. The van der Waals surface area contributed by atoms with Crippen molar-refractivity contribution in [2.45, 2.75) is 51.4 Å². The van der Waals surface area contributed by atoms with Gasteiger partial charge in [0.15, 0.2) is 0 Å². The fourth-order valence-electron chi connectivity index (χ4n) is 2.52. The first-order chi connectivity index (χ1) is 9.25. The van der Waals surface area contributed by atoms with Crippen molar-refractivity contribution >= 4 is 0 Å². The molecule has 1 saturated carbocycles. The topological polar surface area (TPSA) is 67.5 Å². The largest absolute Gasteiger partial charge is 0.389 e. The summed E-state index contributed by atoms with van der Waals surface area (Å²) in [4.78, 5) is 0. The summed E-state index contributed by atoms with van der Waals surface area (Å²) in [5, 5.41) is 16.6. The maximum Gasteiger partial charge on any atom is 0.150 e. The van der Waals surface area contributed by atoms with E-state index in [1.807, 2.05) is 0 Å². The van der Waals surface area contributed by atoms with Crippen molar-refractivity contribution in [2.24, 2.45) is 5.92 Å². The van der Waals surface area contributed by atoms with E-state index < -0.39 is 6.10 Å². The molecular formula is C14H24N2O3. The van der Waals surface area contributed by atoms with Crippen LogP contribution in [0.15, 0.2) is 16.8 Å². The lowest BCUT2D eigenvalue weighted by Gasteiger charge is -2.29. The monoisotopic (exact) mass is 268 g/mol. The first-order valence-corrected chi connectivity index (χ1v) is 7.15. The molecule has 108 valence electrons. The molecule has 1 aliphatic rings. The van der Waals surface area contributed by atoms with E-state index in [1.54, 1.807) is 12.3 Å². The van der Waals surface area contributed by atoms with Crippen LogP contribution >= 0.6 is 0 Å². The van der Waals surface area contributed by atoms with Crippen LogP contribution in [0.25, 0.3) is 0 Å². The molecule has 2 rings (SSSR count). The molecule has 1 fully saturated rings. The number of aliphatic hydroxyl groups is 1. The second-order valence-corrected chi connectivity index (χ2v) is 5.40. The summed E-state index contributed by atoms with van der Waals surface area (Å²) in [5.41, 5.74) is 0. The molecule has 0 aromatic carbocycles. The van der Waals surface area contributed by atoms with Crippen molar-refractivity contribution in [3.05, 3.63) is 18.0 Å². The lowest BCUT2D eigenvalue weighted by molar-refractivity contribution is -0.0452. The quantitative estimate of drug-likeness (QED) is 0.788. The Labute approximate surface area is 114 Å². The van der Waals surface area contributed by atoms with Crippen LogP contribution in [0.1, 0.15) is 38.4 Å². The van der Waals surface area contributed by atoms with Crippen molar-refractivity contribution in [1.82, 2.24) is 10.5 Å². The fourth-order valence-corrected chi connectivity index (χ4v) is 2.52. The van der Waals surface area contributed by atoms with Crippen LogP contribution in [0.3, 0.4) is 0 Å². The van der Waals surface area contributed by atoms with E-state index in [-0.39, 0.29) is 0 Å². The summed E-state index contributed by atoms with van der Waals surface area (Å²) in [5.74, 6) is 1.39. The zero-order valence-electron chi connectivity index (χ0n) is 11.5. The highest BCUT2D eigenvalue weighted by Gasteiger charge is 2.22. The molecule has 1 heterocycles. The zero-order chi connectivity index (χ0) is 13.5. The number of aromatic nitrogens is 1. The predicted octanol–water partition coefficient (Wildman–Crippen LogP) is 1.72. The van der Waals surface area contributed by atoms with Gasteiger partial charge in [0, 0.05) is 12.6 Å². The van der Waals surface area contributed by atoms with Crippen LogP contribution < -0.4 is 5.32 Å². The van der Waals surface area contributed by atoms with Gasteiger partial charge in [-0.1, -0.05) is 24.9 Å². The third kappa shape index (κ3) is 4.93. The number of nitrogens with zero attached hydrogens (tertiary/aromatic N) is 1. The molecule has 3 atom stereocenters. The minimum Gasteiger partial charge on any atom is -0.389 e. The average molecular weight is 268 g/mol. The van der Waals surface area contributed by atoms with Gasteiger partial charge in [-0.25, -0.2) is 0 Å². The lowest BCUT2D eigenvalue weighted by Crippen LogP contribution is -2.34. The van der Waals surface area contributed by atoms with Gasteiger partial charge in [-0.15, -0.1) is 0 Å². The Bertz CT molecular complexity index is 342. The highest BCUT2D eigenvalue weighted by Crippen LogP contribution is 2.26. The molecule has 2 N–H and O–H groups in total. The second kappa shape index (κ2) is 7.62. The number of ether oxygens (including phenoxy) is 1. The van der Waals surface area contributed by atoms with Crippen molar-refractivity contribution in [3.63, 3.8) is 0 Å². The molecule has 1 aliphatic carbocycles. The van der Waals surface area contributed by atoms with E-state index in [2.05, 4.69) is 17.4 Å².